The molecule has 0 unspecified atom stereocenters. The summed E-state index contributed by atoms with van der Waals surface area (Å²) in [4.78, 5) is 33.1. The maximum absolute atomic E-state index is 15.2. The maximum atomic E-state index is 15.2. The van der Waals surface area contributed by atoms with Gasteiger partial charge < -0.3 is 29.2 Å². The number of hydrogen-bond donors (Lipinski definition) is 2. The van der Waals surface area contributed by atoms with Crippen LogP contribution in [0.1, 0.15) is 41.4 Å². The second-order valence-corrected chi connectivity index (χ2v) is 12.4. The topological polar surface area (TPSA) is 92.9 Å². The van der Waals surface area contributed by atoms with Crippen LogP contribution in [-0.4, -0.2) is 58.4 Å². The van der Waals surface area contributed by atoms with Gasteiger partial charge >= 0.3 is 0 Å². The summed E-state index contributed by atoms with van der Waals surface area (Å²) < 4.78 is 40.0. The number of nitrogens with zero attached hydrogens (tertiary/aromatic N) is 4. The molecule has 4 heterocycles. The summed E-state index contributed by atoms with van der Waals surface area (Å²) in [6, 6.07) is 9.50. The number of aromatic nitrogens is 3. The van der Waals surface area contributed by atoms with Crippen LogP contribution in [0, 0.1) is 11.6 Å². The number of ketones is 1. The fourth-order valence-electron chi connectivity index (χ4n) is 6.30. The second kappa shape index (κ2) is 11.1. The number of carbonyl (C=O) groups excluding carboxylic acids is 2. The summed E-state index contributed by atoms with van der Waals surface area (Å²) in [6.45, 7) is 3.20. The number of halogens is 2. The van der Waals surface area contributed by atoms with E-state index >= 15 is 8.78 Å². The number of benzene rings is 2. The highest BCUT2D eigenvalue weighted by molar-refractivity contribution is 6.11. The first-order valence-electron chi connectivity index (χ1n) is 15.2. The van der Waals surface area contributed by atoms with Gasteiger partial charge in [0.05, 0.1) is 41.4 Å². The number of amides is 1. The molecule has 236 valence electrons. The van der Waals surface area contributed by atoms with Gasteiger partial charge in [0.1, 0.15) is 28.6 Å². The normalized spacial score (nSPS) is 15.2. The molecule has 2 aliphatic rings. The number of nitrogens with one attached hydrogen (secondary N) is 2. The molecule has 1 amide bonds. The quantitative estimate of drug-likeness (QED) is 0.172. The minimum Gasteiger partial charge on any atom is -0.496 e. The molecule has 0 atom stereocenters. The lowest BCUT2D eigenvalue weighted by atomic mass is 9.96. The van der Waals surface area contributed by atoms with E-state index in [4.69, 9.17) is 9.72 Å². The van der Waals surface area contributed by atoms with Gasteiger partial charge in [-0.05, 0) is 56.0 Å². The van der Waals surface area contributed by atoms with Crippen molar-refractivity contribution in [2.75, 3.05) is 37.5 Å². The van der Waals surface area contributed by atoms with Crippen molar-refractivity contribution in [1.29, 1.82) is 0 Å². The molecule has 11 heteroatoms. The number of likely N-dealkylation sites (N-methyl/N-ethyl adjacent to an activating group) is 1. The smallest absolute Gasteiger partial charge is 0.248 e. The number of rotatable bonds is 8. The van der Waals surface area contributed by atoms with Crippen LogP contribution >= 0.6 is 0 Å². The molecule has 1 saturated carbocycles. The van der Waals surface area contributed by atoms with Crippen molar-refractivity contribution >= 4 is 39.6 Å². The highest BCUT2D eigenvalue weighted by atomic mass is 19.1. The Hall–Kier alpha value is -5.03. The largest absolute Gasteiger partial charge is 0.496 e. The Kier molecular flexibility index (Phi) is 7.16. The lowest BCUT2D eigenvalue weighted by Gasteiger charge is -2.27. The molecule has 0 saturated heterocycles. The van der Waals surface area contributed by atoms with Crippen LogP contribution in [0.4, 0.5) is 20.2 Å². The van der Waals surface area contributed by atoms with Crippen LogP contribution in [-0.2, 0) is 18.3 Å². The zero-order valence-corrected chi connectivity index (χ0v) is 26.1. The maximum Gasteiger partial charge on any atom is 0.248 e. The number of aryl methyl sites for hydroxylation is 1. The van der Waals surface area contributed by atoms with Gasteiger partial charge in [0.15, 0.2) is 0 Å². The molecule has 1 aliphatic heterocycles. The highest BCUT2D eigenvalue weighted by Crippen LogP contribution is 2.47. The average molecular weight is 625 g/mol. The van der Waals surface area contributed by atoms with Crippen LogP contribution in [0.3, 0.4) is 0 Å². The molecule has 46 heavy (non-hydrogen) atoms. The van der Waals surface area contributed by atoms with Crippen LogP contribution < -0.4 is 20.3 Å². The Morgan fingerprint density at radius 1 is 1.13 bits per heavy atom. The molecular weight excluding hydrogens is 590 g/mol. The number of carbonyl (C=O) groups is 2. The zero-order valence-electron chi connectivity index (χ0n) is 26.1. The number of methoxy groups -OCH3 is 1. The number of hydrogen-bond acceptors (Lipinski definition) is 6. The van der Waals surface area contributed by atoms with Crippen molar-refractivity contribution in [3.05, 3.63) is 89.5 Å². The van der Waals surface area contributed by atoms with Gasteiger partial charge in [-0.15, -0.1) is 0 Å². The lowest BCUT2D eigenvalue weighted by molar-refractivity contribution is -0.112. The van der Waals surface area contributed by atoms with E-state index in [1.165, 1.54) is 6.08 Å². The second-order valence-electron chi connectivity index (χ2n) is 12.4. The fraction of sp³-hybridized carbons (Fsp3) is 0.286. The number of pyridine rings is 1. The molecule has 1 aliphatic carbocycles. The third-order valence-electron chi connectivity index (χ3n) is 9.12. The number of ether oxygens (including phenoxy) is 1. The van der Waals surface area contributed by atoms with Crippen LogP contribution in [0.5, 0.6) is 5.75 Å². The van der Waals surface area contributed by atoms with Gasteiger partial charge in [-0.3, -0.25) is 9.59 Å². The molecule has 9 nitrogen and oxygen atoms in total. The molecule has 3 aromatic heterocycles. The predicted octanol–water partition coefficient (Wildman–Crippen LogP) is 5.64. The Bertz CT molecular complexity index is 2070. The fourth-order valence-corrected chi connectivity index (χ4v) is 6.30. The van der Waals surface area contributed by atoms with E-state index in [0.717, 1.165) is 63.9 Å². The van der Waals surface area contributed by atoms with E-state index in [1.807, 2.05) is 36.9 Å². The molecule has 5 aromatic rings. The minimum atomic E-state index is -1.03. The van der Waals surface area contributed by atoms with Gasteiger partial charge in [-0.25, -0.2) is 13.8 Å². The van der Waals surface area contributed by atoms with Crippen molar-refractivity contribution in [3.63, 3.8) is 0 Å². The van der Waals surface area contributed by atoms with E-state index < -0.39 is 29.0 Å². The van der Waals surface area contributed by atoms with Gasteiger partial charge in [0.2, 0.25) is 11.7 Å². The summed E-state index contributed by atoms with van der Waals surface area (Å²) in [5.41, 5.74) is 5.74. The summed E-state index contributed by atoms with van der Waals surface area (Å²) in [5, 5.41) is 5.56. The highest BCUT2D eigenvalue weighted by Gasteiger charge is 2.36. The molecule has 0 radical (unpaired) electrons. The van der Waals surface area contributed by atoms with Crippen molar-refractivity contribution in [3.8, 4) is 16.9 Å². The Morgan fingerprint density at radius 3 is 2.61 bits per heavy atom. The van der Waals surface area contributed by atoms with Crippen molar-refractivity contribution in [1.82, 2.24) is 19.3 Å². The van der Waals surface area contributed by atoms with Crippen LogP contribution in [0.25, 0.3) is 27.7 Å². The Labute approximate surface area is 264 Å². The third kappa shape index (κ3) is 5.00. The lowest BCUT2D eigenvalue weighted by Crippen LogP contribution is -2.27. The summed E-state index contributed by atoms with van der Waals surface area (Å²) in [6.07, 6.45) is 9.16. The third-order valence-corrected chi connectivity index (χ3v) is 9.12. The van der Waals surface area contributed by atoms with Crippen molar-refractivity contribution < 1.29 is 23.1 Å². The number of imidazole rings is 1. The van der Waals surface area contributed by atoms with E-state index in [1.54, 1.807) is 36.2 Å². The van der Waals surface area contributed by atoms with Crippen LogP contribution in [0.15, 0.2) is 61.1 Å². The van der Waals surface area contributed by atoms with Gasteiger partial charge in [0, 0.05) is 62.2 Å². The van der Waals surface area contributed by atoms with E-state index in [0.29, 0.717) is 25.3 Å². The van der Waals surface area contributed by atoms with Gasteiger partial charge in [-0.1, -0.05) is 12.1 Å². The first-order chi connectivity index (χ1) is 22.1. The number of fused-ring (bicyclic) bond motifs is 4. The SMILES string of the molecule is COc1cc2c(ncn2C)c2c1-c1cccn3c(C(=O)c4cc(F)c(NC(=O)/C=C/CNC5(C)CC5)c(F)c4)cc(c13)CCN2C. The standard InChI is InChI=1S/C35H34F2N6O3/c1-35(10-11-35)39-12-5-8-28(44)40-30-23(36)15-21(16-24(30)37)34(45)26-17-20-9-14-41(2)33-29(22-7-6-13-43(26)32(20)22)27(46-4)18-25-31(33)38-19-42(25)3/h5-8,13,15-19,39H,9-12,14H2,1-4H3,(H,40,44)/b8-5+. The summed E-state index contributed by atoms with van der Waals surface area (Å²) in [5.74, 6) is -2.61. The molecular formula is C35H34F2N6O3. The first kappa shape index (κ1) is 29.7. The van der Waals surface area contributed by atoms with Crippen molar-refractivity contribution in [2.45, 2.75) is 31.7 Å². The average Bonchev–Trinajstić information content (AvgIpc) is 3.49. The van der Waals surface area contributed by atoms with E-state index in [9.17, 15) is 9.59 Å². The number of anilines is 2. The van der Waals surface area contributed by atoms with Gasteiger partial charge in [-0.2, -0.15) is 0 Å². The van der Waals surface area contributed by atoms with E-state index in [-0.39, 0.29) is 16.8 Å². The van der Waals surface area contributed by atoms with Crippen LogP contribution in [0.2, 0.25) is 0 Å². The zero-order chi connectivity index (χ0) is 32.3. The van der Waals surface area contributed by atoms with Gasteiger partial charge in [0.25, 0.3) is 0 Å². The molecule has 0 spiro atoms. The molecule has 2 N–H and O–H groups in total. The monoisotopic (exact) mass is 624 g/mol. The molecule has 1 fully saturated rings. The molecule has 2 aromatic carbocycles. The minimum absolute atomic E-state index is 0.102. The Balaban J connectivity index is 1.25. The molecule has 7 rings (SSSR count). The predicted molar refractivity (Wildman–Crippen MR) is 174 cm³/mol. The summed E-state index contributed by atoms with van der Waals surface area (Å²) >= 11 is 0. The van der Waals surface area contributed by atoms with E-state index in [2.05, 4.69) is 22.5 Å². The summed E-state index contributed by atoms with van der Waals surface area (Å²) in [7, 11) is 5.57. The first-order valence-corrected chi connectivity index (χ1v) is 15.2. The molecule has 0 bridgehead atoms. The Morgan fingerprint density at radius 2 is 1.89 bits per heavy atom. The van der Waals surface area contributed by atoms with Crippen molar-refractivity contribution in [2.24, 2.45) is 7.05 Å².